The summed E-state index contributed by atoms with van der Waals surface area (Å²) >= 11 is 0. The van der Waals surface area contributed by atoms with Crippen molar-refractivity contribution in [2.45, 2.75) is 6.92 Å². The van der Waals surface area contributed by atoms with Crippen molar-refractivity contribution in [3.8, 4) is 5.75 Å². The van der Waals surface area contributed by atoms with Crippen molar-refractivity contribution < 1.29 is 9.53 Å². The Kier molecular flexibility index (Phi) is 3.92. The molecule has 0 atom stereocenters. The summed E-state index contributed by atoms with van der Waals surface area (Å²) in [5.41, 5.74) is 2.08. The van der Waals surface area contributed by atoms with Gasteiger partial charge in [-0.3, -0.25) is 4.79 Å². The summed E-state index contributed by atoms with van der Waals surface area (Å²) in [7, 11) is 0. The molecule has 0 fully saturated rings. The molecular weight excluding hydrogens is 224 g/mol. The largest absolute Gasteiger partial charge is 0.427 e. The molecule has 18 heavy (non-hydrogen) atoms. The second-order valence-electron chi connectivity index (χ2n) is 3.76. The van der Waals surface area contributed by atoms with Gasteiger partial charge in [0.05, 0.1) is 0 Å². The van der Waals surface area contributed by atoms with E-state index in [4.69, 9.17) is 4.74 Å². The number of benzene rings is 2. The normalized spacial score (nSPS) is 10.5. The van der Waals surface area contributed by atoms with Crippen LogP contribution in [0.15, 0.2) is 42.5 Å². The van der Waals surface area contributed by atoms with E-state index >= 15 is 0 Å². The van der Waals surface area contributed by atoms with E-state index in [0.717, 1.165) is 11.1 Å². The number of ether oxygens (including phenoxy) is 1. The lowest BCUT2D eigenvalue weighted by atomic mass is 10.1. The highest BCUT2D eigenvalue weighted by Gasteiger charge is 1.96. The van der Waals surface area contributed by atoms with Crippen molar-refractivity contribution in [1.29, 1.82) is 0 Å². The van der Waals surface area contributed by atoms with Crippen LogP contribution in [0.2, 0.25) is 0 Å². The first-order chi connectivity index (χ1) is 8.74. The van der Waals surface area contributed by atoms with Gasteiger partial charge in [0.15, 0.2) is 0 Å². The Bertz CT molecular complexity index is 539. The smallest absolute Gasteiger partial charge is 0.308 e. The molecule has 0 unspecified atom stereocenters. The van der Waals surface area contributed by atoms with Crippen LogP contribution in [0.1, 0.15) is 18.1 Å². The zero-order chi connectivity index (χ0) is 12.8. The van der Waals surface area contributed by atoms with E-state index in [1.807, 2.05) is 36.4 Å². The minimum absolute atomic E-state index is 0.311. The maximum Gasteiger partial charge on any atom is 0.308 e. The van der Waals surface area contributed by atoms with E-state index in [2.05, 4.69) is 12.1 Å². The van der Waals surface area contributed by atoms with Gasteiger partial charge in [-0.1, -0.05) is 24.3 Å². The van der Waals surface area contributed by atoms with E-state index < -0.39 is 0 Å². The van der Waals surface area contributed by atoms with E-state index in [1.54, 1.807) is 18.2 Å². The van der Waals surface area contributed by atoms with Crippen molar-refractivity contribution in [1.82, 2.24) is 0 Å². The molecule has 0 aliphatic rings. The molecule has 0 amide bonds. The molecule has 0 bridgehead atoms. The fourth-order valence-corrected chi connectivity index (χ4v) is 1.47. The zero-order valence-electron chi connectivity index (χ0n) is 10.0. The molecule has 2 aromatic carbocycles. The van der Waals surface area contributed by atoms with Crippen molar-refractivity contribution in [2.75, 3.05) is 0 Å². The van der Waals surface area contributed by atoms with Gasteiger partial charge >= 0.3 is 5.97 Å². The monoisotopic (exact) mass is 236 g/mol. The summed E-state index contributed by atoms with van der Waals surface area (Å²) < 4.78 is 4.96. The highest BCUT2D eigenvalue weighted by Crippen LogP contribution is 2.14. The third-order valence-electron chi connectivity index (χ3n) is 2.28. The van der Waals surface area contributed by atoms with Gasteiger partial charge in [0.25, 0.3) is 0 Å². The molecule has 0 heterocycles. The second kappa shape index (κ2) is 5.82. The van der Waals surface area contributed by atoms with Gasteiger partial charge in [0.2, 0.25) is 0 Å². The first-order valence-corrected chi connectivity index (χ1v) is 5.58. The number of hydrogen-bond donors (Lipinski definition) is 0. The molecule has 2 heteroatoms. The number of hydrogen-bond acceptors (Lipinski definition) is 2. The van der Waals surface area contributed by atoms with Crippen LogP contribution < -0.4 is 4.74 Å². The highest BCUT2D eigenvalue weighted by atomic mass is 16.5. The number of esters is 1. The van der Waals surface area contributed by atoms with Gasteiger partial charge in [-0.05, 0) is 53.6 Å². The van der Waals surface area contributed by atoms with Crippen LogP contribution in [0.3, 0.4) is 0 Å². The van der Waals surface area contributed by atoms with Crippen molar-refractivity contribution >= 4 is 18.1 Å². The van der Waals surface area contributed by atoms with Gasteiger partial charge in [0.1, 0.15) is 5.75 Å². The molecule has 0 saturated carbocycles. The molecule has 2 aromatic rings. The molecule has 2 nitrogen and oxygen atoms in total. The van der Waals surface area contributed by atoms with E-state index in [1.165, 1.54) is 6.92 Å². The van der Waals surface area contributed by atoms with Crippen molar-refractivity contribution in [2.24, 2.45) is 0 Å². The van der Waals surface area contributed by atoms with Crippen molar-refractivity contribution in [3.05, 3.63) is 65.7 Å². The topological polar surface area (TPSA) is 26.3 Å². The molecule has 2 rings (SSSR count). The van der Waals surface area contributed by atoms with E-state index in [9.17, 15) is 4.79 Å². The Balaban J connectivity index is 2.06. The van der Waals surface area contributed by atoms with Gasteiger partial charge in [0, 0.05) is 6.92 Å². The summed E-state index contributed by atoms with van der Waals surface area (Å²) in [6.07, 6.45) is 3.96. The van der Waals surface area contributed by atoms with Gasteiger partial charge < -0.3 is 4.74 Å². The molecular formula is C16H12O2. The summed E-state index contributed by atoms with van der Waals surface area (Å²) in [5.74, 6) is 0.245. The van der Waals surface area contributed by atoms with E-state index in [-0.39, 0.29) is 5.97 Å². The predicted molar refractivity (Wildman–Crippen MR) is 70.8 cm³/mol. The first kappa shape index (κ1) is 12.1. The Morgan fingerprint density at radius 2 is 1.67 bits per heavy atom. The molecule has 0 aromatic heterocycles. The van der Waals surface area contributed by atoms with Gasteiger partial charge in [-0.15, -0.1) is 0 Å². The fourth-order valence-electron chi connectivity index (χ4n) is 1.47. The molecule has 0 aliphatic carbocycles. The summed E-state index contributed by atoms with van der Waals surface area (Å²) in [5, 5.41) is 0. The van der Waals surface area contributed by atoms with Crippen LogP contribution in [0, 0.1) is 12.1 Å². The Morgan fingerprint density at radius 1 is 1.06 bits per heavy atom. The summed E-state index contributed by atoms with van der Waals surface area (Å²) in [4.78, 5) is 10.8. The van der Waals surface area contributed by atoms with Crippen LogP contribution in [0.4, 0.5) is 0 Å². The molecule has 88 valence electrons. The SMILES string of the molecule is CC(=O)Oc1ccc(/C=C/c2c[c]c[c]c2)cc1. The second-order valence-corrected chi connectivity index (χ2v) is 3.76. The predicted octanol–water partition coefficient (Wildman–Crippen LogP) is 3.38. The lowest BCUT2D eigenvalue weighted by Gasteiger charge is -2.00. The maximum atomic E-state index is 10.8. The quantitative estimate of drug-likeness (QED) is 0.464. The van der Waals surface area contributed by atoms with Gasteiger partial charge in [-0.2, -0.15) is 0 Å². The molecule has 2 radical (unpaired) electrons. The number of carbonyl (C=O) groups is 1. The first-order valence-electron chi connectivity index (χ1n) is 5.58. The average molecular weight is 236 g/mol. The third-order valence-corrected chi connectivity index (χ3v) is 2.28. The van der Waals surface area contributed by atoms with Crippen molar-refractivity contribution in [3.63, 3.8) is 0 Å². The van der Waals surface area contributed by atoms with Crippen LogP contribution in [-0.4, -0.2) is 5.97 Å². The highest BCUT2D eigenvalue weighted by molar-refractivity contribution is 5.71. The fraction of sp³-hybridized carbons (Fsp3) is 0.0625. The lowest BCUT2D eigenvalue weighted by Crippen LogP contribution is -2.00. The lowest BCUT2D eigenvalue weighted by molar-refractivity contribution is -0.131. The molecule has 0 aliphatic heterocycles. The van der Waals surface area contributed by atoms with Gasteiger partial charge in [-0.25, -0.2) is 0 Å². The molecule has 0 spiro atoms. The average Bonchev–Trinajstić information content (AvgIpc) is 2.38. The van der Waals surface area contributed by atoms with Crippen LogP contribution >= 0.6 is 0 Å². The number of carbonyl (C=O) groups excluding carboxylic acids is 1. The molecule has 0 N–H and O–H groups in total. The maximum absolute atomic E-state index is 10.8. The Labute approximate surface area is 107 Å². The Hall–Kier alpha value is -2.35. The van der Waals surface area contributed by atoms with Crippen LogP contribution in [-0.2, 0) is 4.79 Å². The summed E-state index contributed by atoms with van der Waals surface area (Å²) in [6.45, 7) is 1.39. The Morgan fingerprint density at radius 3 is 2.28 bits per heavy atom. The standard InChI is InChI=1S/C16H12O2/c1-13(17)18-16-11-9-15(10-12-16)8-7-14-5-3-2-4-6-14/h2,5-12H,1H3/b8-7+. The zero-order valence-corrected chi connectivity index (χ0v) is 10.0. The minimum Gasteiger partial charge on any atom is -0.427 e. The number of rotatable bonds is 3. The summed E-state index contributed by atoms with van der Waals surface area (Å²) in [6, 6.07) is 18.8. The minimum atomic E-state index is -0.311. The molecule has 0 saturated heterocycles. The van der Waals surface area contributed by atoms with E-state index in [0.29, 0.717) is 5.75 Å². The van der Waals surface area contributed by atoms with Crippen LogP contribution in [0.5, 0.6) is 5.75 Å². The third kappa shape index (κ3) is 3.59. The van der Waals surface area contributed by atoms with Crippen LogP contribution in [0.25, 0.3) is 12.2 Å².